The Morgan fingerprint density at radius 3 is 2.50 bits per heavy atom. The maximum absolute atomic E-state index is 15.0. The molecule has 0 unspecified atom stereocenters. The average molecular weight is 472 g/mol. The molecule has 2 N–H and O–H groups in total. The van der Waals surface area contributed by atoms with Gasteiger partial charge in [-0.15, -0.1) is 11.3 Å². The minimum Gasteiger partial charge on any atom is -0.386 e. The summed E-state index contributed by atoms with van der Waals surface area (Å²) in [5.74, 6) is -1.91. The molecule has 2 heterocycles. The number of hydrogen-bond acceptors (Lipinski definition) is 6. The van der Waals surface area contributed by atoms with Gasteiger partial charge >= 0.3 is 0 Å². The third-order valence-corrected chi connectivity index (χ3v) is 9.82. The zero-order chi connectivity index (χ0) is 23.3. The minimum atomic E-state index is -4.01. The van der Waals surface area contributed by atoms with Gasteiger partial charge in [-0.3, -0.25) is 4.99 Å². The summed E-state index contributed by atoms with van der Waals surface area (Å²) in [4.78, 5) is 5.12. The summed E-state index contributed by atoms with van der Waals surface area (Å²) in [7, 11) is -4.01. The summed E-state index contributed by atoms with van der Waals surface area (Å²) < 4.78 is 54.0. The quantitative estimate of drug-likeness (QED) is 0.609. The number of nitrogens with zero attached hydrogens (tertiary/aromatic N) is 2. The summed E-state index contributed by atoms with van der Waals surface area (Å²) in [6.45, 7) is 2.91. The number of nitrogens with two attached hydrogens (primary N) is 1. The van der Waals surface area contributed by atoms with E-state index in [0.29, 0.717) is 16.0 Å². The van der Waals surface area contributed by atoms with Crippen molar-refractivity contribution in [3.8, 4) is 16.5 Å². The maximum atomic E-state index is 15.0. The molecule has 5 nitrogen and oxygen atoms in total. The number of aliphatic imine (C=N–C) groups is 1. The third-order valence-electron chi connectivity index (χ3n) is 5.78. The van der Waals surface area contributed by atoms with Gasteiger partial charge in [-0.05, 0) is 55.3 Å². The van der Waals surface area contributed by atoms with Gasteiger partial charge < -0.3 is 5.73 Å². The number of amidine groups is 1. The second kappa shape index (κ2) is 7.50. The summed E-state index contributed by atoms with van der Waals surface area (Å²) in [6, 6.07) is 15.3. The molecular weight excluding hydrogens is 452 g/mol. The van der Waals surface area contributed by atoms with Crippen LogP contribution in [0, 0.1) is 23.0 Å². The Morgan fingerprint density at radius 2 is 1.84 bits per heavy atom. The molecule has 164 valence electrons. The van der Waals surface area contributed by atoms with Gasteiger partial charge in [0.25, 0.3) is 0 Å². The molecule has 9 heteroatoms. The second-order valence-corrected chi connectivity index (χ2v) is 11.4. The summed E-state index contributed by atoms with van der Waals surface area (Å²) in [6.07, 6.45) is 0. The lowest BCUT2D eigenvalue weighted by molar-refractivity contribution is 0.483. The van der Waals surface area contributed by atoms with Crippen molar-refractivity contribution in [2.24, 2.45) is 10.7 Å². The van der Waals surface area contributed by atoms with Gasteiger partial charge in [0.2, 0.25) is 0 Å². The average Bonchev–Trinajstić information content (AvgIpc) is 3.14. The summed E-state index contributed by atoms with van der Waals surface area (Å²) in [5.41, 5.74) is 5.97. The predicted octanol–water partition coefficient (Wildman–Crippen LogP) is 4.48. The molecule has 2 aromatic carbocycles. The lowest BCUT2D eigenvalue weighted by atomic mass is 9.96. The fourth-order valence-electron chi connectivity index (χ4n) is 3.93. The molecule has 2 atom stereocenters. The van der Waals surface area contributed by atoms with Crippen LogP contribution in [-0.2, 0) is 20.1 Å². The number of hydrogen-bond donors (Lipinski definition) is 1. The van der Waals surface area contributed by atoms with Crippen LogP contribution in [-0.4, -0.2) is 20.0 Å². The van der Waals surface area contributed by atoms with Crippen LogP contribution >= 0.6 is 11.3 Å². The first kappa shape index (κ1) is 22.1. The minimum absolute atomic E-state index is 0.127. The Hall–Kier alpha value is -3.09. The van der Waals surface area contributed by atoms with E-state index < -0.39 is 37.5 Å². The smallest absolute Gasteiger partial charge is 0.169 e. The third kappa shape index (κ3) is 3.40. The van der Waals surface area contributed by atoms with E-state index in [0.717, 1.165) is 17.4 Å². The van der Waals surface area contributed by atoms with Crippen molar-refractivity contribution < 1.29 is 17.2 Å². The first-order valence-electron chi connectivity index (χ1n) is 9.65. The Morgan fingerprint density at radius 1 is 1.12 bits per heavy atom. The van der Waals surface area contributed by atoms with Crippen LogP contribution in [0.15, 0.2) is 59.6 Å². The molecule has 0 radical (unpaired) electrons. The Labute approximate surface area is 188 Å². The van der Waals surface area contributed by atoms with E-state index in [-0.39, 0.29) is 16.3 Å². The van der Waals surface area contributed by atoms with Crippen LogP contribution in [0.1, 0.15) is 29.9 Å². The largest absolute Gasteiger partial charge is 0.386 e. The number of benzene rings is 2. The highest BCUT2D eigenvalue weighted by Gasteiger charge is 2.53. The van der Waals surface area contributed by atoms with Crippen LogP contribution in [0.5, 0.6) is 0 Å². The molecule has 0 bridgehead atoms. The van der Waals surface area contributed by atoms with E-state index in [2.05, 4.69) is 4.99 Å². The molecule has 1 aromatic heterocycles. The number of halogens is 2. The molecule has 3 aromatic rings. The maximum Gasteiger partial charge on any atom is 0.169 e. The number of nitriles is 1. The summed E-state index contributed by atoms with van der Waals surface area (Å²) >= 11 is 1.07. The van der Waals surface area contributed by atoms with E-state index >= 15 is 4.39 Å². The van der Waals surface area contributed by atoms with E-state index in [1.165, 1.54) is 38.1 Å². The molecule has 32 heavy (non-hydrogen) atoms. The van der Waals surface area contributed by atoms with Crippen molar-refractivity contribution in [1.29, 1.82) is 5.26 Å². The van der Waals surface area contributed by atoms with Gasteiger partial charge in [-0.1, -0.05) is 24.3 Å². The molecule has 0 saturated heterocycles. The molecule has 0 amide bonds. The van der Waals surface area contributed by atoms with Crippen LogP contribution in [0.4, 0.5) is 8.78 Å². The van der Waals surface area contributed by atoms with E-state index in [1.807, 2.05) is 6.07 Å². The molecule has 0 saturated carbocycles. The van der Waals surface area contributed by atoms with Gasteiger partial charge in [0.1, 0.15) is 23.0 Å². The molecule has 0 fully saturated rings. The SMILES string of the molecule is C[C@@]1(c2sc(-c3cccc(C#N)c3)cc2F)CS(=O)(=O)[C@@](C)(c2cccc(F)c2)C(N)=N1. The van der Waals surface area contributed by atoms with Gasteiger partial charge in [-0.2, -0.15) is 5.26 Å². The molecule has 4 rings (SSSR count). The molecular formula is C23H19F2N3O2S2. The van der Waals surface area contributed by atoms with Crippen molar-refractivity contribution in [3.63, 3.8) is 0 Å². The number of rotatable bonds is 3. The fraction of sp³-hybridized carbons (Fsp3) is 0.217. The summed E-state index contributed by atoms with van der Waals surface area (Å²) in [5, 5.41) is 9.12. The zero-order valence-corrected chi connectivity index (χ0v) is 18.9. The van der Waals surface area contributed by atoms with Crippen molar-refractivity contribution in [3.05, 3.63) is 82.2 Å². The highest BCUT2D eigenvalue weighted by Crippen LogP contribution is 2.46. The lowest BCUT2D eigenvalue weighted by Crippen LogP contribution is -2.54. The van der Waals surface area contributed by atoms with Gasteiger partial charge in [0.05, 0.1) is 22.3 Å². The van der Waals surface area contributed by atoms with Gasteiger partial charge in [-0.25, -0.2) is 17.2 Å². The van der Waals surface area contributed by atoms with E-state index in [4.69, 9.17) is 11.0 Å². The Bertz CT molecular complexity index is 1410. The van der Waals surface area contributed by atoms with Crippen LogP contribution < -0.4 is 5.73 Å². The van der Waals surface area contributed by atoms with Gasteiger partial charge in [0.15, 0.2) is 14.6 Å². The van der Waals surface area contributed by atoms with Crippen molar-refractivity contribution in [1.82, 2.24) is 0 Å². The van der Waals surface area contributed by atoms with Crippen molar-refractivity contribution in [2.45, 2.75) is 24.1 Å². The number of thiophene rings is 1. The number of sulfone groups is 1. The molecule has 0 spiro atoms. The van der Waals surface area contributed by atoms with Crippen LogP contribution in [0.25, 0.3) is 10.4 Å². The lowest BCUT2D eigenvalue weighted by Gasteiger charge is -2.39. The first-order valence-corrected chi connectivity index (χ1v) is 12.1. The second-order valence-electron chi connectivity index (χ2n) is 8.05. The Balaban J connectivity index is 1.84. The standard InChI is InChI=1S/C23H19F2N3O2S2/c1-22(20-18(25)11-19(31-20)15-6-3-5-14(9-15)12-26)13-32(29,30)23(2,21(27)28-22)16-7-4-8-17(24)10-16/h3-11H,13H2,1-2H3,(H2,27,28)/t22-,23-/m0/s1. The fourth-order valence-corrected chi connectivity index (χ4v) is 7.23. The normalized spacial score (nSPS) is 24.5. The monoisotopic (exact) mass is 471 g/mol. The first-order chi connectivity index (χ1) is 15.0. The molecule has 1 aliphatic rings. The predicted molar refractivity (Wildman–Crippen MR) is 121 cm³/mol. The van der Waals surface area contributed by atoms with Crippen molar-refractivity contribution >= 4 is 27.0 Å². The van der Waals surface area contributed by atoms with Crippen LogP contribution in [0.3, 0.4) is 0 Å². The Kier molecular flexibility index (Phi) is 5.18. The molecule has 1 aliphatic heterocycles. The van der Waals surface area contributed by atoms with Gasteiger partial charge in [0, 0.05) is 4.88 Å². The van der Waals surface area contributed by atoms with Crippen molar-refractivity contribution in [2.75, 3.05) is 5.75 Å². The zero-order valence-electron chi connectivity index (χ0n) is 17.3. The van der Waals surface area contributed by atoms with E-state index in [9.17, 15) is 12.8 Å². The topological polar surface area (TPSA) is 96.3 Å². The van der Waals surface area contributed by atoms with E-state index in [1.54, 1.807) is 24.3 Å². The highest BCUT2D eigenvalue weighted by atomic mass is 32.2. The molecule has 0 aliphatic carbocycles. The van der Waals surface area contributed by atoms with Crippen LogP contribution in [0.2, 0.25) is 0 Å². The highest BCUT2D eigenvalue weighted by molar-refractivity contribution is 7.93.